The van der Waals surface area contributed by atoms with Crippen LogP contribution < -0.4 is 9.64 Å². The monoisotopic (exact) mass is 487 g/mol. The van der Waals surface area contributed by atoms with Crippen molar-refractivity contribution in [1.29, 1.82) is 0 Å². The Bertz CT molecular complexity index is 1200. The minimum Gasteiger partial charge on any atom is -0.494 e. The van der Waals surface area contributed by atoms with E-state index in [2.05, 4.69) is 47.1 Å². The van der Waals surface area contributed by atoms with Gasteiger partial charge in [-0.2, -0.15) is 0 Å². The number of rotatable bonds is 4. The van der Waals surface area contributed by atoms with Crippen LogP contribution in [0.15, 0.2) is 72.8 Å². The van der Waals surface area contributed by atoms with E-state index in [0.29, 0.717) is 12.3 Å². The topological polar surface area (TPSA) is 46.6 Å². The van der Waals surface area contributed by atoms with Crippen molar-refractivity contribution in [3.05, 3.63) is 95.1 Å². The van der Waals surface area contributed by atoms with Crippen molar-refractivity contribution in [2.75, 3.05) is 11.5 Å². The van der Waals surface area contributed by atoms with Crippen LogP contribution >= 0.6 is 15.9 Å². The molecule has 2 bridgehead atoms. The van der Waals surface area contributed by atoms with Crippen molar-refractivity contribution >= 4 is 33.4 Å². The minimum absolute atomic E-state index is 0.125. The molecular formula is C27H22BrNO3. The first-order valence-electron chi connectivity index (χ1n) is 11.1. The van der Waals surface area contributed by atoms with Crippen LogP contribution in [-0.2, 0) is 13.9 Å². The molecule has 0 saturated carbocycles. The smallest absolute Gasteiger partial charge is 0.239 e. The molecule has 1 heterocycles. The Labute approximate surface area is 195 Å². The fourth-order valence-corrected chi connectivity index (χ4v) is 7.05. The van der Waals surface area contributed by atoms with Crippen LogP contribution in [0.4, 0.5) is 5.69 Å². The summed E-state index contributed by atoms with van der Waals surface area (Å²) in [5.41, 5.74) is 5.06. The lowest BCUT2D eigenvalue weighted by Crippen LogP contribution is -2.50. The number of amides is 2. The molecule has 3 aromatic carbocycles. The molecule has 3 aromatic rings. The second-order valence-corrected chi connectivity index (χ2v) is 9.97. The summed E-state index contributed by atoms with van der Waals surface area (Å²) in [5, 5.41) is 0. The first-order valence-corrected chi connectivity index (χ1v) is 11.8. The van der Waals surface area contributed by atoms with E-state index in [1.165, 1.54) is 4.90 Å². The Morgan fingerprint density at radius 3 is 2.06 bits per heavy atom. The molecule has 0 radical (unpaired) electrons. The lowest BCUT2D eigenvalue weighted by Gasteiger charge is -2.51. The molecule has 0 aromatic heterocycles. The molecular weight excluding hydrogens is 466 g/mol. The summed E-state index contributed by atoms with van der Waals surface area (Å²) >= 11 is 4.03. The molecule has 4 aliphatic rings. The molecule has 160 valence electrons. The number of alkyl halides is 1. The van der Waals surface area contributed by atoms with Crippen molar-refractivity contribution in [1.82, 2.24) is 0 Å². The minimum atomic E-state index is -0.717. The maximum absolute atomic E-state index is 13.9. The third-order valence-corrected chi connectivity index (χ3v) is 8.43. The highest BCUT2D eigenvalue weighted by Crippen LogP contribution is 2.66. The molecule has 1 saturated heterocycles. The second kappa shape index (κ2) is 7.04. The fraction of sp³-hybridized carbons (Fsp3) is 0.259. The van der Waals surface area contributed by atoms with E-state index >= 15 is 0 Å². The molecule has 3 aliphatic carbocycles. The zero-order chi connectivity index (χ0) is 22.0. The highest BCUT2D eigenvalue weighted by molar-refractivity contribution is 9.09. The van der Waals surface area contributed by atoms with E-state index in [0.717, 1.165) is 34.4 Å². The summed E-state index contributed by atoms with van der Waals surface area (Å²) in [6.45, 7) is 2.69. The SMILES string of the molecule is CCCOc1ccc(N2C(=O)[C@@H]3C4c5ccccc5C(Br)(c5ccccc54)[C@H]3C2=O)cc1. The van der Waals surface area contributed by atoms with Gasteiger partial charge in [0.15, 0.2) is 0 Å². The predicted octanol–water partition coefficient (Wildman–Crippen LogP) is 5.38. The number of benzene rings is 3. The predicted molar refractivity (Wildman–Crippen MR) is 126 cm³/mol. The molecule has 7 rings (SSSR count). The van der Waals surface area contributed by atoms with E-state index in [4.69, 9.17) is 4.74 Å². The van der Waals surface area contributed by atoms with Gasteiger partial charge in [0.05, 0.1) is 28.5 Å². The van der Waals surface area contributed by atoms with Gasteiger partial charge in [0.25, 0.3) is 0 Å². The van der Waals surface area contributed by atoms with Crippen molar-refractivity contribution in [2.45, 2.75) is 23.6 Å². The summed E-state index contributed by atoms with van der Waals surface area (Å²) in [6.07, 6.45) is 0.921. The van der Waals surface area contributed by atoms with Crippen molar-refractivity contribution < 1.29 is 14.3 Å². The van der Waals surface area contributed by atoms with Crippen molar-refractivity contribution in [3.63, 3.8) is 0 Å². The third kappa shape index (κ3) is 2.43. The van der Waals surface area contributed by atoms with Gasteiger partial charge in [-0.1, -0.05) is 71.4 Å². The number of halogens is 1. The molecule has 32 heavy (non-hydrogen) atoms. The van der Waals surface area contributed by atoms with Crippen LogP contribution in [0.3, 0.4) is 0 Å². The summed E-state index contributed by atoms with van der Waals surface area (Å²) in [4.78, 5) is 29.1. The Hall–Kier alpha value is -2.92. The number of carbonyl (C=O) groups is 2. The molecule has 2 atom stereocenters. The molecule has 0 spiro atoms. The molecule has 0 N–H and O–H groups in total. The standard InChI is InChI=1S/C27H22BrNO3/c1-2-15-32-17-13-11-16(12-14-17)29-25(30)23-22-18-7-3-5-9-20(18)27(28,24(23)26(29)31)21-10-6-4-8-19(21)22/h3-14,22-24H,2,15H2,1H3/t22?,23-,24-,27?/m1/s1. The summed E-state index contributed by atoms with van der Waals surface area (Å²) in [7, 11) is 0. The Kier molecular flexibility index (Phi) is 4.34. The maximum Gasteiger partial charge on any atom is 0.239 e. The van der Waals surface area contributed by atoms with Crippen LogP contribution in [0.1, 0.15) is 41.5 Å². The highest BCUT2D eigenvalue weighted by atomic mass is 79.9. The van der Waals surface area contributed by atoms with Crippen molar-refractivity contribution in [2.24, 2.45) is 11.8 Å². The van der Waals surface area contributed by atoms with Crippen LogP contribution in [0.2, 0.25) is 0 Å². The van der Waals surface area contributed by atoms with Gasteiger partial charge in [0, 0.05) is 5.92 Å². The normalized spacial score (nSPS) is 27.2. The molecule has 2 amide bonds. The zero-order valence-corrected chi connectivity index (χ0v) is 19.2. The highest BCUT2D eigenvalue weighted by Gasteiger charge is 2.67. The molecule has 5 heteroatoms. The van der Waals surface area contributed by atoms with Gasteiger partial charge in [-0.15, -0.1) is 0 Å². The second-order valence-electron chi connectivity index (χ2n) is 8.72. The number of anilines is 1. The van der Waals surface area contributed by atoms with Gasteiger partial charge in [0.1, 0.15) is 5.75 Å². The Morgan fingerprint density at radius 2 is 1.47 bits per heavy atom. The number of carbonyl (C=O) groups excluding carboxylic acids is 2. The average Bonchev–Trinajstić information content (AvgIpc) is 3.10. The average molecular weight is 488 g/mol. The quantitative estimate of drug-likeness (QED) is 0.366. The number of nitrogens with zero attached hydrogens (tertiary/aromatic N) is 1. The first kappa shape index (κ1) is 19.7. The van der Waals surface area contributed by atoms with E-state index in [1.807, 2.05) is 36.4 Å². The lowest BCUT2D eigenvalue weighted by atomic mass is 9.55. The summed E-state index contributed by atoms with van der Waals surface area (Å²) < 4.78 is 4.95. The largest absolute Gasteiger partial charge is 0.494 e. The van der Waals surface area contributed by atoms with Gasteiger partial charge in [-0.25, -0.2) is 4.90 Å². The third-order valence-electron chi connectivity index (χ3n) is 7.08. The Balaban J connectivity index is 1.48. The number of hydrogen-bond acceptors (Lipinski definition) is 3. The van der Waals surface area contributed by atoms with E-state index in [-0.39, 0.29) is 17.7 Å². The van der Waals surface area contributed by atoms with Crippen molar-refractivity contribution in [3.8, 4) is 5.75 Å². The summed E-state index contributed by atoms with van der Waals surface area (Å²) in [5.74, 6) is -0.568. The molecule has 4 nitrogen and oxygen atoms in total. The van der Waals surface area contributed by atoms with E-state index in [1.54, 1.807) is 12.1 Å². The van der Waals surface area contributed by atoms with Gasteiger partial charge in [-0.05, 0) is 52.9 Å². The van der Waals surface area contributed by atoms with Gasteiger partial charge in [-0.3, -0.25) is 9.59 Å². The first-order chi connectivity index (χ1) is 15.6. The van der Waals surface area contributed by atoms with Crippen LogP contribution in [0.25, 0.3) is 0 Å². The maximum atomic E-state index is 13.9. The lowest BCUT2D eigenvalue weighted by molar-refractivity contribution is -0.122. The molecule has 0 unspecified atom stereocenters. The molecule has 1 aliphatic heterocycles. The number of imide groups is 1. The molecule has 1 fully saturated rings. The zero-order valence-electron chi connectivity index (χ0n) is 17.6. The Morgan fingerprint density at radius 1 is 0.875 bits per heavy atom. The van der Waals surface area contributed by atoms with Crippen LogP contribution in [-0.4, -0.2) is 18.4 Å². The van der Waals surface area contributed by atoms with Gasteiger partial charge >= 0.3 is 0 Å². The van der Waals surface area contributed by atoms with Gasteiger partial charge < -0.3 is 4.74 Å². The van der Waals surface area contributed by atoms with Crippen LogP contribution in [0.5, 0.6) is 5.75 Å². The van der Waals surface area contributed by atoms with E-state index in [9.17, 15) is 9.59 Å². The summed E-state index contributed by atoms with van der Waals surface area (Å²) in [6, 6.07) is 23.7. The van der Waals surface area contributed by atoms with Crippen LogP contribution in [0, 0.1) is 11.8 Å². The van der Waals surface area contributed by atoms with Gasteiger partial charge in [0.2, 0.25) is 11.8 Å². The number of ether oxygens (including phenoxy) is 1. The fourth-order valence-electron chi connectivity index (χ4n) is 5.85. The number of hydrogen-bond donors (Lipinski definition) is 0. The van der Waals surface area contributed by atoms with E-state index < -0.39 is 16.2 Å².